The summed E-state index contributed by atoms with van der Waals surface area (Å²) in [4.78, 5) is 16.5. The third-order valence-electron chi connectivity index (χ3n) is 5.68. The lowest BCUT2D eigenvalue weighted by Crippen LogP contribution is -2.50. The summed E-state index contributed by atoms with van der Waals surface area (Å²) >= 11 is 5.90. The van der Waals surface area contributed by atoms with E-state index >= 15 is 0 Å². The van der Waals surface area contributed by atoms with Crippen LogP contribution in [0.25, 0.3) is 22.0 Å². The molecule has 4 aromatic rings. The number of piperazine rings is 1. The highest BCUT2D eigenvalue weighted by molar-refractivity contribution is 6.30. The lowest BCUT2D eigenvalue weighted by atomic mass is 10.1. The molecule has 0 aliphatic carbocycles. The Bertz CT molecular complexity index is 1240. The van der Waals surface area contributed by atoms with Gasteiger partial charge >= 0.3 is 6.03 Å². The summed E-state index contributed by atoms with van der Waals surface area (Å²) < 4.78 is 0. The van der Waals surface area contributed by atoms with Gasteiger partial charge in [0.05, 0.1) is 5.69 Å². The molecule has 0 atom stereocenters. The Morgan fingerprint density at radius 1 is 0.812 bits per heavy atom. The van der Waals surface area contributed by atoms with Gasteiger partial charge < -0.3 is 15.1 Å². The number of hydrogen-bond acceptors (Lipinski definition) is 4. The topological polar surface area (TPSA) is 61.4 Å². The molecule has 0 saturated carbocycles. The van der Waals surface area contributed by atoms with E-state index in [2.05, 4.69) is 50.7 Å². The van der Waals surface area contributed by atoms with Gasteiger partial charge in [-0.05, 0) is 53.2 Å². The van der Waals surface area contributed by atoms with Crippen molar-refractivity contribution in [3.05, 3.63) is 83.9 Å². The van der Waals surface area contributed by atoms with Crippen LogP contribution in [0, 0.1) is 0 Å². The third kappa shape index (κ3) is 4.36. The fourth-order valence-corrected chi connectivity index (χ4v) is 4.00. The molecule has 2 heterocycles. The average molecular weight is 444 g/mol. The molecule has 5 rings (SSSR count). The lowest BCUT2D eigenvalue weighted by molar-refractivity contribution is 0.208. The summed E-state index contributed by atoms with van der Waals surface area (Å²) in [5.41, 5.74) is 2.63. The molecule has 0 radical (unpaired) electrons. The zero-order chi connectivity index (χ0) is 21.9. The molecule has 1 saturated heterocycles. The van der Waals surface area contributed by atoms with Gasteiger partial charge in [0.25, 0.3) is 0 Å². The van der Waals surface area contributed by atoms with Crippen LogP contribution in [-0.2, 0) is 0 Å². The summed E-state index contributed by atoms with van der Waals surface area (Å²) in [6.45, 7) is 2.65. The second kappa shape index (κ2) is 8.85. The van der Waals surface area contributed by atoms with Crippen molar-refractivity contribution in [1.82, 2.24) is 15.1 Å². The van der Waals surface area contributed by atoms with Crippen molar-refractivity contribution in [1.29, 1.82) is 0 Å². The molecule has 1 aromatic heterocycles. The molecular weight excluding hydrogens is 422 g/mol. The van der Waals surface area contributed by atoms with Gasteiger partial charge in [0, 0.05) is 42.5 Å². The van der Waals surface area contributed by atoms with Crippen LogP contribution in [0.5, 0.6) is 0 Å². The van der Waals surface area contributed by atoms with Gasteiger partial charge in [0.2, 0.25) is 0 Å². The molecule has 1 fully saturated rings. The monoisotopic (exact) mass is 443 g/mol. The molecule has 1 aliphatic rings. The van der Waals surface area contributed by atoms with E-state index in [0.717, 1.165) is 22.8 Å². The van der Waals surface area contributed by atoms with Crippen LogP contribution in [0.2, 0.25) is 5.02 Å². The summed E-state index contributed by atoms with van der Waals surface area (Å²) in [6, 6.07) is 25.6. The highest BCUT2D eigenvalue weighted by Gasteiger charge is 2.22. The minimum absolute atomic E-state index is 0.107. The first-order valence-corrected chi connectivity index (χ1v) is 10.9. The van der Waals surface area contributed by atoms with Crippen LogP contribution in [0.3, 0.4) is 0 Å². The van der Waals surface area contributed by atoms with Gasteiger partial charge in [-0.15, -0.1) is 10.2 Å². The molecule has 1 aliphatic heterocycles. The molecule has 0 bridgehead atoms. The average Bonchev–Trinajstić information content (AvgIpc) is 2.85. The molecule has 0 spiro atoms. The van der Waals surface area contributed by atoms with E-state index in [-0.39, 0.29) is 6.03 Å². The SMILES string of the molecule is O=C(Nc1ccc(Cl)cc1)N1CCN(c2ccc(-c3ccc4ccccc4c3)nn2)CC1. The van der Waals surface area contributed by atoms with E-state index in [0.29, 0.717) is 31.2 Å². The highest BCUT2D eigenvalue weighted by Crippen LogP contribution is 2.24. The van der Waals surface area contributed by atoms with E-state index in [1.54, 1.807) is 24.3 Å². The zero-order valence-electron chi connectivity index (χ0n) is 17.4. The van der Waals surface area contributed by atoms with Crippen LogP contribution in [0.4, 0.5) is 16.3 Å². The number of carbonyl (C=O) groups excluding carboxylic acids is 1. The van der Waals surface area contributed by atoms with Crippen molar-refractivity contribution in [3.63, 3.8) is 0 Å². The standard InChI is InChI=1S/C25H22ClN5O/c26-21-7-9-22(10-8-21)27-25(32)31-15-13-30(14-16-31)24-12-11-23(28-29-24)20-6-5-18-3-1-2-4-19(18)17-20/h1-12,17H,13-16H2,(H,27,32). The van der Waals surface area contributed by atoms with Crippen molar-refractivity contribution in [3.8, 4) is 11.3 Å². The van der Waals surface area contributed by atoms with E-state index in [9.17, 15) is 4.79 Å². The van der Waals surface area contributed by atoms with Crippen molar-refractivity contribution < 1.29 is 4.79 Å². The van der Waals surface area contributed by atoms with Crippen LogP contribution >= 0.6 is 11.6 Å². The first-order valence-electron chi connectivity index (χ1n) is 10.5. The van der Waals surface area contributed by atoms with Crippen molar-refractivity contribution in [2.75, 3.05) is 36.4 Å². The number of halogens is 1. The van der Waals surface area contributed by atoms with Crippen LogP contribution < -0.4 is 10.2 Å². The summed E-state index contributed by atoms with van der Waals surface area (Å²) in [5.74, 6) is 0.826. The summed E-state index contributed by atoms with van der Waals surface area (Å²) in [6.07, 6.45) is 0. The Kier molecular flexibility index (Phi) is 5.60. The van der Waals surface area contributed by atoms with Gasteiger partial charge in [0.1, 0.15) is 0 Å². The highest BCUT2D eigenvalue weighted by atomic mass is 35.5. The molecule has 6 nitrogen and oxygen atoms in total. The number of anilines is 2. The first-order chi connectivity index (χ1) is 15.7. The number of carbonyl (C=O) groups is 1. The van der Waals surface area contributed by atoms with E-state index in [1.165, 1.54) is 10.8 Å². The van der Waals surface area contributed by atoms with Gasteiger partial charge in [-0.3, -0.25) is 0 Å². The first kappa shape index (κ1) is 20.3. The van der Waals surface area contributed by atoms with Crippen LogP contribution in [-0.4, -0.2) is 47.3 Å². The second-order valence-corrected chi connectivity index (χ2v) is 8.19. The molecule has 2 amide bonds. The van der Waals surface area contributed by atoms with Gasteiger partial charge in [0.15, 0.2) is 5.82 Å². The number of nitrogens with one attached hydrogen (secondary N) is 1. The fourth-order valence-electron chi connectivity index (χ4n) is 3.87. The molecule has 0 unspecified atom stereocenters. The largest absolute Gasteiger partial charge is 0.352 e. The quantitative estimate of drug-likeness (QED) is 0.466. The van der Waals surface area contributed by atoms with E-state index in [4.69, 9.17) is 11.6 Å². The maximum Gasteiger partial charge on any atom is 0.321 e. The Balaban J connectivity index is 1.21. The van der Waals surface area contributed by atoms with Crippen LogP contribution in [0.15, 0.2) is 78.9 Å². The number of rotatable bonds is 3. The number of aromatic nitrogens is 2. The number of amides is 2. The summed E-state index contributed by atoms with van der Waals surface area (Å²) in [5, 5.41) is 14.8. The Morgan fingerprint density at radius 3 is 2.28 bits per heavy atom. The number of hydrogen-bond donors (Lipinski definition) is 1. The van der Waals surface area contributed by atoms with E-state index < -0.39 is 0 Å². The predicted octanol–water partition coefficient (Wildman–Crippen LogP) is 5.30. The van der Waals surface area contributed by atoms with Gasteiger partial charge in [-0.1, -0.05) is 48.0 Å². The Morgan fingerprint density at radius 2 is 1.56 bits per heavy atom. The molecule has 7 heteroatoms. The maximum absolute atomic E-state index is 12.5. The minimum Gasteiger partial charge on any atom is -0.352 e. The molecule has 32 heavy (non-hydrogen) atoms. The van der Waals surface area contributed by atoms with Crippen molar-refractivity contribution >= 4 is 39.9 Å². The Hall–Kier alpha value is -3.64. The van der Waals surface area contributed by atoms with Gasteiger partial charge in [-0.25, -0.2) is 4.79 Å². The molecular formula is C25H22ClN5O. The van der Waals surface area contributed by atoms with E-state index in [1.807, 2.05) is 29.2 Å². The van der Waals surface area contributed by atoms with Crippen molar-refractivity contribution in [2.24, 2.45) is 0 Å². The van der Waals surface area contributed by atoms with Crippen molar-refractivity contribution in [2.45, 2.75) is 0 Å². The molecule has 1 N–H and O–H groups in total. The maximum atomic E-state index is 12.5. The second-order valence-electron chi connectivity index (χ2n) is 7.75. The smallest absolute Gasteiger partial charge is 0.321 e. The third-order valence-corrected chi connectivity index (χ3v) is 5.93. The Labute approximate surface area is 191 Å². The molecule has 160 valence electrons. The minimum atomic E-state index is -0.107. The summed E-state index contributed by atoms with van der Waals surface area (Å²) in [7, 11) is 0. The fraction of sp³-hybridized carbons (Fsp3) is 0.160. The number of fused-ring (bicyclic) bond motifs is 1. The number of benzene rings is 3. The predicted molar refractivity (Wildman–Crippen MR) is 129 cm³/mol. The number of nitrogens with zero attached hydrogens (tertiary/aromatic N) is 4. The lowest BCUT2D eigenvalue weighted by Gasteiger charge is -2.35. The normalized spacial score (nSPS) is 13.9. The molecule has 3 aromatic carbocycles. The number of urea groups is 1. The van der Waals surface area contributed by atoms with Gasteiger partial charge in [-0.2, -0.15) is 0 Å². The van der Waals surface area contributed by atoms with Crippen LogP contribution in [0.1, 0.15) is 0 Å². The zero-order valence-corrected chi connectivity index (χ0v) is 18.2.